The van der Waals surface area contributed by atoms with Gasteiger partial charge in [-0.3, -0.25) is 4.79 Å². The van der Waals surface area contributed by atoms with Gasteiger partial charge in [0.2, 0.25) is 5.91 Å². The number of nitrogens with zero attached hydrogens (tertiary/aromatic N) is 1. The second-order valence-corrected chi connectivity index (χ2v) is 9.90. The number of carbonyl (C=O) groups excluding carboxylic acids is 1. The smallest absolute Gasteiger partial charge is 0.225 e. The third-order valence-corrected chi connectivity index (χ3v) is 7.80. The van der Waals surface area contributed by atoms with Crippen molar-refractivity contribution >= 4 is 5.91 Å². The monoisotopic (exact) mass is 414 g/mol. The van der Waals surface area contributed by atoms with Crippen LogP contribution in [-0.4, -0.2) is 61.9 Å². The van der Waals surface area contributed by atoms with Crippen molar-refractivity contribution in [3.8, 4) is 0 Å². The summed E-state index contributed by atoms with van der Waals surface area (Å²) in [6.07, 6.45) is 7.09. The lowest BCUT2D eigenvalue weighted by Crippen LogP contribution is -2.50. The van der Waals surface area contributed by atoms with E-state index in [2.05, 4.69) is 40.5 Å². The Morgan fingerprint density at radius 2 is 1.87 bits per heavy atom. The number of ether oxygens (including phenoxy) is 1. The molecular formula is C25H38N2O3. The maximum Gasteiger partial charge on any atom is 0.225 e. The Labute approximate surface area is 181 Å². The van der Waals surface area contributed by atoms with E-state index in [9.17, 15) is 9.90 Å². The summed E-state index contributed by atoms with van der Waals surface area (Å²) >= 11 is 0. The second kappa shape index (κ2) is 9.80. The summed E-state index contributed by atoms with van der Waals surface area (Å²) in [6, 6.07) is 11.4. The van der Waals surface area contributed by atoms with Gasteiger partial charge in [0.25, 0.3) is 0 Å². The minimum absolute atomic E-state index is 0.129. The number of hydrogen-bond acceptors (Lipinski definition) is 4. The molecule has 2 saturated carbocycles. The van der Waals surface area contributed by atoms with Crippen molar-refractivity contribution < 1.29 is 14.6 Å². The second-order valence-electron chi connectivity index (χ2n) is 9.90. The Balaban J connectivity index is 1.26. The first-order valence-corrected chi connectivity index (χ1v) is 11.8. The van der Waals surface area contributed by atoms with E-state index >= 15 is 0 Å². The van der Waals surface area contributed by atoms with Crippen molar-refractivity contribution in [3.63, 3.8) is 0 Å². The van der Waals surface area contributed by atoms with Gasteiger partial charge in [0, 0.05) is 56.6 Å². The molecule has 4 rings (SSSR count). The van der Waals surface area contributed by atoms with E-state index in [0.717, 1.165) is 64.8 Å². The van der Waals surface area contributed by atoms with Gasteiger partial charge in [-0.1, -0.05) is 30.3 Å². The largest absolute Gasteiger partial charge is 0.396 e. The van der Waals surface area contributed by atoms with Crippen LogP contribution in [0, 0.1) is 17.3 Å². The van der Waals surface area contributed by atoms with Crippen LogP contribution in [0.5, 0.6) is 0 Å². The molecule has 166 valence electrons. The normalized spacial score (nSPS) is 30.8. The van der Waals surface area contributed by atoms with Gasteiger partial charge in [-0.25, -0.2) is 0 Å². The Morgan fingerprint density at radius 1 is 1.17 bits per heavy atom. The van der Waals surface area contributed by atoms with Gasteiger partial charge in [-0.15, -0.1) is 0 Å². The highest BCUT2D eigenvalue weighted by molar-refractivity contribution is 5.79. The molecule has 1 saturated heterocycles. The highest BCUT2D eigenvalue weighted by Crippen LogP contribution is 2.42. The number of piperidine rings is 1. The maximum absolute atomic E-state index is 13.0. The van der Waals surface area contributed by atoms with Gasteiger partial charge in [-0.2, -0.15) is 0 Å². The average molecular weight is 415 g/mol. The molecule has 3 aliphatic rings. The van der Waals surface area contributed by atoms with Crippen molar-refractivity contribution in [3.05, 3.63) is 35.9 Å². The summed E-state index contributed by atoms with van der Waals surface area (Å²) in [5, 5.41) is 13.1. The maximum atomic E-state index is 13.0. The number of methoxy groups -OCH3 is 1. The predicted molar refractivity (Wildman–Crippen MR) is 118 cm³/mol. The highest BCUT2D eigenvalue weighted by atomic mass is 16.5. The summed E-state index contributed by atoms with van der Waals surface area (Å²) in [5.41, 5.74) is 1.57. The quantitative estimate of drug-likeness (QED) is 0.686. The standard InChI is InChI=1S/C25H38N2O3/c1-30-18-25(17-26-23-15-22(23)20-5-3-2-4-6-20)11-13-27(14-12-25)24(29)21-9-7-19(16-28)8-10-21/h2-6,19,21-23,26,28H,7-18H2,1H3/t19?,21?,22-,23+/m0/s1. The minimum atomic E-state index is 0.129. The van der Waals surface area contributed by atoms with Crippen LogP contribution in [-0.2, 0) is 9.53 Å². The molecule has 2 atom stereocenters. The van der Waals surface area contributed by atoms with E-state index in [1.165, 1.54) is 12.0 Å². The molecule has 0 radical (unpaired) electrons. The molecule has 1 aromatic rings. The Kier molecular flexibility index (Phi) is 7.12. The molecular weight excluding hydrogens is 376 g/mol. The molecule has 0 bridgehead atoms. The molecule has 3 fully saturated rings. The molecule has 0 spiro atoms. The molecule has 1 amide bonds. The summed E-state index contributed by atoms with van der Waals surface area (Å²) in [5.74, 6) is 1.55. The lowest BCUT2D eigenvalue weighted by Gasteiger charge is -2.43. The molecule has 1 aromatic carbocycles. The molecule has 1 aliphatic heterocycles. The predicted octanol–water partition coefficient (Wildman–Crippen LogP) is 3.19. The van der Waals surface area contributed by atoms with E-state index in [1.54, 1.807) is 7.11 Å². The summed E-state index contributed by atoms with van der Waals surface area (Å²) < 4.78 is 5.62. The zero-order valence-electron chi connectivity index (χ0n) is 18.4. The summed E-state index contributed by atoms with van der Waals surface area (Å²) in [7, 11) is 1.79. The summed E-state index contributed by atoms with van der Waals surface area (Å²) in [4.78, 5) is 15.1. The van der Waals surface area contributed by atoms with Crippen molar-refractivity contribution in [2.45, 2.75) is 56.9 Å². The van der Waals surface area contributed by atoms with E-state index in [-0.39, 0.29) is 17.9 Å². The van der Waals surface area contributed by atoms with Crippen LogP contribution in [0.15, 0.2) is 30.3 Å². The summed E-state index contributed by atoms with van der Waals surface area (Å²) in [6.45, 7) is 3.68. The van der Waals surface area contributed by atoms with Gasteiger partial charge in [0.05, 0.1) is 6.61 Å². The van der Waals surface area contributed by atoms with Crippen molar-refractivity contribution in [1.29, 1.82) is 0 Å². The van der Waals surface area contributed by atoms with Crippen LogP contribution >= 0.6 is 0 Å². The lowest BCUT2D eigenvalue weighted by molar-refractivity contribution is -0.140. The fourth-order valence-electron chi connectivity index (χ4n) is 5.57. The number of likely N-dealkylation sites (tertiary alicyclic amines) is 1. The number of aliphatic hydroxyl groups excluding tert-OH is 1. The topological polar surface area (TPSA) is 61.8 Å². The van der Waals surface area contributed by atoms with Gasteiger partial charge in [0.1, 0.15) is 0 Å². The fourth-order valence-corrected chi connectivity index (χ4v) is 5.57. The van der Waals surface area contributed by atoms with Crippen molar-refractivity contribution in [2.24, 2.45) is 17.3 Å². The van der Waals surface area contributed by atoms with Crippen LogP contribution in [0.2, 0.25) is 0 Å². The van der Waals surface area contributed by atoms with E-state index in [4.69, 9.17) is 4.74 Å². The average Bonchev–Trinajstić information content (AvgIpc) is 3.59. The van der Waals surface area contributed by atoms with Crippen LogP contribution in [0.4, 0.5) is 0 Å². The zero-order valence-corrected chi connectivity index (χ0v) is 18.4. The molecule has 0 aromatic heterocycles. The third kappa shape index (κ3) is 5.06. The van der Waals surface area contributed by atoms with Gasteiger partial charge < -0.3 is 20.1 Å². The molecule has 5 nitrogen and oxygen atoms in total. The molecule has 5 heteroatoms. The molecule has 1 heterocycles. The van der Waals surface area contributed by atoms with E-state index in [1.807, 2.05) is 0 Å². The number of hydrogen-bond donors (Lipinski definition) is 2. The third-order valence-electron chi connectivity index (χ3n) is 7.80. The van der Waals surface area contributed by atoms with Crippen LogP contribution < -0.4 is 5.32 Å². The zero-order chi connectivity index (χ0) is 21.0. The van der Waals surface area contributed by atoms with E-state index in [0.29, 0.717) is 23.8 Å². The van der Waals surface area contributed by atoms with Crippen molar-refractivity contribution in [1.82, 2.24) is 10.2 Å². The molecule has 0 unspecified atom stereocenters. The first-order valence-electron chi connectivity index (χ1n) is 11.8. The minimum Gasteiger partial charge on any atom is -0.396 e. The molecule has 2 N–H and O–H groups in total. The van der Waals surface area contributed by atoms with Gasteiger partial charge in [-0.05, 0) is 56.4 Å². The van der Waals surface area contributed by atoms with Crippen LogP contribution in [0.1, 0.15) is 56.4 Å². The number of amides is 1. The van der Waals surface area contributed by atoms with E-state index < -0.39 is 0 Å². The number of benzene rings is 1. The first kappa shape index (κ1) is 21.8. The fraction of sp³-hybridized carbons (Fsp3) is 0.720. The molecule has 2 aliphatic carbocycles. The SMILES string of the molecule is COCC1(CN[C@@H]2C[C@H]2c2ccccc2)CCN(C(=O)C2CCC(CO)CC2)CC1. The number of carbonyl (C=O) groups is 1. The number of nitrogens with one attached hydrogen (secondary N) is 1. The Morgan fingerprint density at radius 3 is 2.50 bits per heavy atom. The van der Waals surface area contributed by atoms with Crippen LogP contribution in [0.3, 0.4) is 0 Å². The number of aliphatic hydroxyl groups is 1. The van der Waals surface area contributed by atoms with Crippen molar-refractivity contribution in [2.75, 3.05) is 40.0 Å². The first-order chi connectivity index (χ1) is 14.6. The highest BCUT2D eigenvalue weighted by Gasteiger charge is 2.42. The van der Waals surface area contributed by atoms with Gasteiger partial charge in [0.15, 0.2) is 0 Å². The van der Waals surface area contributed by atoms with Gasteiger partial charge >= 0.3 is 0 Å². The Hall–Kier alpha value is -1.43. The lowest BCUT2D eigenvalue weighted by atomic mass is 9.77. The molecule has 30 heavy (non-hydrogen) atoms. The van der Waals surface area contributed by atoms with Crippen LogP contribution in [0.25, 0.3) is 0 Å². The number of rotatable bonds is 8. The Bertz CT molecular complexity index is 679.